The molecule has 4 heterocycles. The first-order valence-corrected chi connectivity index (χ1v) is 46.4. The van der Waals surface area contributed by atoms with Gasteiger partial charge in [0.1, 0.15) is 11.5 Å². The van der Waals surface area contributed by atoms with Crippen molar-refractivity contribution >= 4 is 54.7 Å². The number of aliphatic hydroxyl groups excluding tert-OH is 2. The zero-order chi connectivity index (χ0) is 98.2. The molecule has 10 heteroatoms. The Morgan fingerprint density at radius 3 is 0.984 bits per heavy atom. The van der Waals surface area contributed by atoms with Gasteiger partial charge in [-0.3, -0.25) is 9.59 Å². The number of ketones is 2. The summed E-state index contributed by atoms with van der Waals surface area (Å²) in [7, 11) is 0. The molecule has 2 fully saturated rings. The smallest absolute Gasteiger partial charge is 0.162 e. The Labute approximate surface area is 803 Å². The van der Waals surface area contributed by atoms with Crippen LogP contribution >= 0.6 is 0 Å². The maximum absolute atomic E-state index is 11.9. The number of carbonyl (C=O) groups excluding carboxylic acids is 2. The number of rotatable bonds is 23. The van der Waals surface area contributed by atoms with Crippen molar-refractivity contribution in [3.05, 3.63) is 285 Å². The number of carbonyl (C=O) groups is 2. The third kappa shape index (κ3) is 28.1. The molecule has 0 spiro atoms. The first kappa shape index (κ1) is 92.8. The molecule has 0 atom stereocenters. The summed E-state index contributed by atoms with van der Waals surface area (Å²) in [4.78, 5) is 41.5. The third-order valence-corrected chi connectivity index (χ3v) is 26.2. The van der Waals surface area contributed by atoms with Crippen molar-refractivity contribution in [3.63, 3.8) is 0 Å². The fourth-order valence-corrected chi connectivity index (χ4v) is 16.9. The fraction of sp³-hybridized carbons (Fsp3) is 0.436. The van der Waals surface area contributed by atoms with Crippen LogP contribution in [0.4, 0.5) is 0 Å². The molecule has 12 aromatic rings. The van der Waals surface area contributed by atoms with Gasteiger partial charge in [0.15, 0.2) is 11.6 Å². The monoisotopic (exact) mass is 2070 g/mol. The first-order valence-electron chi connectivity index (χ1n) is 50.4. The van der Waals surface area contributed by atoms with Crippen LogP contribution in [0.2, 0.25) is 0 Å². The number of hydrogen-bond donors (Lipinski definition) is 2. The average Bonchev–Trinajstić information content (AvgIpc) is 1.24. The molecule has 2 aliphatic rings. The molecule has 2 N–H and O–H groups in total. The van der Waals surface area contributed by atoms with Gasteiger partial charge < -0.3 is 30.1 Å². The summed E-state index contributed by atoms with van der Waals surface area (Å²) in [6.45, 7) is 51.9. The minimum absolute atomic E-state index is 0. The van der Waals surface area contributed by atoms with Crippen molar-refractivity contribution in [1.29, 1.82) is 0 Å². The van der Waals surface area contributed by atoms with Crippen molar-refractivity contribution in [2.24, 2.45) is 22.7 Å². The van der Waals surface area contributed by atoms with Crippen LogP contribution in [0.25, 0.3) is 88.1 Å². The summed E-state index contributed by atoms with van der Waals surface area (Å²) in [5.41, 5.74) is 20.1. The van der Waals surface area contributed by atoms with Crippen LogP contribution in [0.5, 0.6) is 0 Å². The Morgan fingerprint density at radius 1 is 0.394 bits per heavy atom. The van der Waals surface area contributed by atoms with Crippen LogP contribution in [0, 0.1) is 88.5 Å². The molecular formula is C117H146Ir2N4O4-4. The number of pyridine rings is 4. The molecule has 2 saturated carbocycles. The molecular weight excluding hydrogens is 1910 g/mol. The van der Waals surface area contributed by atoms with E-state index >= 15 is 0 Å². The fourth-order valence-electron chi connectivity index (χ4n) is 16.9. The molecule has 0 unspecified atom stereocenters. The summed E-state index contributed by atoms with van der Waals surface area (Å²) in [6.07, 6.45) is 19.9. The minimum Gasteiger partial charge on any atom is -0.512 e. The zero-order valence-electron chi connectivity index (χ0n) is 88.7. The van der Waals surface area contributed by atoms with Gasteiger partial charge in [-0.2, -0.15) is 0 Å². The van der Waals surface area contributed by atoms with Gasteiger partial charge in [0, 0.05) is 99.7 Å². The maximum Gasteiger partial charge on any atom is 0.162 e. The topological polar surface area (TPSA) is 126 Å². The molecule has 0 bridgehead atoms. The van der Waals surface area contributed by atoms with Crippen molar-refractivity contribution < 1.29 is 71.0 Å². The van der Waals surface area contributed by atoms with E-state index in [4.69, 9.17) is 11.0 Å². The van der Waals surface area contributed by atoms with Gasteiger partial charge in [0.2, 0.25) is 0 Å². The van der Waals surface area contributed by atoms with Crippen LogP contribution in [0.1, 0.15) is 342 Å². The van der Waals surface area contributed by atoms with Crippen LogP contribution in [-0.2, 0) is 55.2 Å². The number of benzene rings is 8. The maximum atomic E-state index is 11.9. The van der Waals surface area contributed by atoms with E-state index in [-0.39, 0.29) is 140 Å². The van der Waals surface area contributed by atoms with E-state index in [1.165, 1.54) is 96.9 Å². The molecule has 0 saturated heterocycles. The second kappa shape index (κ2) is 48.7. The van der Waals surface area contributed by atoms with Crippen molar-refractivity contribution in [2.45, 2.75) is 311 Å². The van der Waals surface area contributed by atoms with Crippen LogP contribution in [0.15, 0.2) is 194 Å². The van der Waals surface area contributed by atoms with Gasteiger partial charge in [0.05, 0.1) is 11.0 Å². The molecule has 0 aliphatic heterocycles. The van der Waals surface area contributed by atoms with E-state index in [2.05, 4.69) is 211 Å². The van der Waals surface area contributed by atoms with Crippen molar-refractivity contribution in [2.75, 3.05) is 0 Å². The van der Waals surface area contributed by atoms with Crippen molar-refractivity contribution in [3.8, 4) is 45.0 Å². The van der Waals surface area contributed by atoms with Crippen LogP contribution in [-0.4, -0.2) is 41.7 Å². The average molecular weight is 2060 g/mol. The molecule has 2 aliphatic carbocycles. The molecule has 0 amide bonds. The molecule has 127 heavy (non-hydrogen) atoms. The molecule has 680 valence electrons. The van der Waals surface area contributed by atoms with E-state index in [0.29, 0.717) is 29.6 Å². The van der Waals surface area contributed by atoms with E-state index in [1.807, 2.05) is 127 Å². The largest absolute Gasteiger partial charge is 0.512 e. The second-order valence-electron chi connectivity index (χ2n) is 37.6. The number of aliphatic hydroxyl groups is 2. The van der Waals surface area contributed by atoms with E-state index in [1.54, 1.807) is 0 Å². The normalized spacial score (nSPS) is 14.2. The molecule has 8 nitrogen and oxygen atoms in total. The standard InChI is InChI=1S/C24H26N.C23H26N.C22H22N.C20H20N.2C14H26O2.2Ir/c1-16(2)21-12-17(3)13-22(15-21)24-23-9-8-19(18-6-4-5-7-18)14-20(23)10-11-25-24;1-15(2)17-7-8-21-18(13-17)9-10-24-22(21)19-11-16(3)12-20(14-19)23(4,5)6;1-15-11-16(2)13-20(12-15)22-21-8-7-18(17-5-3-4-6-17)14-19(21)9-10-23-22;1-13(2)16-5-6-19-17(12-16)7-8-21-20(19)18-10-14(3)9-15(4)11-18;2*1-6-11(7-2)12(15)10-13(16)14(5,8-3)9-4;;/h8-12,14-16,18H,4-7H2,1-3H3;7-10,12-15H,1-6H3;7-12,14,17H,3-6H2,1-2H3;5-10,12-13H,1-4H3;2*10-11,16H,6-9H2,1-5H3;;/q4*-1;;;;/i10D,11D;2*9D,10D;7D,8D;;;;. The zero-order valence-corrected chi connectivity index (χ0v) is 85.5. The number of hydrogen-bond acceptors (Lipinski definition) is 8. The number of allylic oxidation sites excluding steroid dienone is 4. The predicted octanol–water partition coefficient (Wildman–Crippen LogP) is 33.2. The third-order valence-electron chi connectivity index (χ3n) is 26.2. The summed E-state index contributed by atoms with van der Waals surface area (Å²) < 4.78 is 65.9. The van der Waals surface area contributed by atoms with Gasteiger partial charge in [-0.25, -0.2) is 0 Å². The Balaban J connectivity index is 0.000000223. The summed E-state index contributed by atoms with van der Waals surface area (Å²) >= 11 is 0. The van der Waals surface area contributed by atoms with Gasteiger partial charge >= 0.3 is 0 Å². The summed E-state index contributed by atoms with van der Waals surface area (Å²) in [5.74, 6) is 3.11. The Hall–Kier alpha value is -8.88. The Kier molecular flexibility index (Phi) is 35.6. The number of aryl methyl sites for hydroxylation is 6. The first-order chi connectivity index (χ1) is 62.8. The molecule has 2 radical (unpaired) electrons. The Morgan fingerprint density at radius 2 is 0.685 bits per heavy atom. The number of nitrogens with zero attached hydrogens (tertiary/aromatic N) is 4. The quantitative estimate of drug-likeness (QED) is 0.0368. The van der Waals surface area contributed by atoms with E-state index in [0.717, 1.165) is 173 Å². The van der Waals surface area contributed by atoms with Gasteiger partial charge in [-0.15, -0.1) is 140 Å². The minimum atomic E-state index is -0.248. The summed E-state index contributed by atoms with van der Waals surface area (Å²) in [5, 5.41) is 27.0. The molecule has 4 aromatic heterocycles. The van der Waals surface area contributed by atoms with Gasteiger partial charge in [0.25, 0.3) is 0 Å². The van der Waals surface area contributed by atoms with Crippen LogP contribution in [0.3, 0.4) is 0 Å². The van der Waals surface area contributed by atoms with Crippen LogP contribution < -0.4 is 0 Å². The van der Waals surface area contributed by atoms with E-state index in [9.17, 15) is 19.8 Å². The van der Waals surface area contributed by atoms with Crippen molar-refractivity contribution in [1.82, 2.24) is 19.9 Å². The summed E-state index contributed by atoms with van der Waals surface area (Å²) in [6, 6.07) is 56.3. The number of aromatic nitrogens is 4. The number of fused-ring (bicyclic) bond motifs is 4. The Bertz CT molecular complexity index is 6090. The second-order valence-corrected chi connectivity index (χ2v) is 37.6. The molecule has 14 rings (SSSR count). The predicted molar refractivity (Wildman–Crippen MR) is 533 cm³/mol. The van der Waals surface area contributed by atoms with Gasteiger partial charge in [-0.1, -0.05) is 272 Å². The van der Waals surface area contributed by atoms with Gasteiger partial charge in [-0.05, 0) is 224 Å². The molecule has 8 aromatic carbocycles. The van der Waals surface area contributed by atoms with E-state index < -0.39 is 0 Å². The SMILES string of the molecule is CCC(CC)C(=O)C=C(O)C(C)(CC)CC.CCC(CC)C(=O)C=C(O)C(C)(CC)CC.[2H]c1nc(-c2[c-]c(C)cc(C(C)(C)C)c2)c2ccc(C(C)C)cc2c1[2H].[2H]c1nc(-c2[c-]c(C)cc(C(C)C)c2)c2ccc(C3CCCC3)cc2c1[2H].[2H]c1nc(-c2[c-]c(C)cc(C)c2)c2ccc(C(C)C)cc2c1[2H].[2H]c1nc(-c2[c-]c(C)cc(C)c2)c2ccc(C3CCCC3)cc2c1[2H].[Ir].[Ir].